The third-order valence-corrected chi connectivity index (χ3v) is 3.05. The first-order valence-corrected chi connectivity index (χ1v) is 5.83. The average molecular weight is 228 g/mol. The Balaban J connectivity index is 1.98. The van der Waals surface area contributed by atoms with Crippen LogP contribution in [-0.4, -0.2) is 29.1 Å². The molecule has 1 aliphatic rings. The molecule has 0 atom stereocenters. The zero-order chi connectivity index (χ0) is 12.0. The topological polar surface area (TPSA) is 92.4 Å². The molecule has 92 valence electrons. The van der Waals surface area contributed by atoms with Gasteiger partial charge >= 0.3 is 5.97 Å². The minimum Gasteiger partial charge on any atom is -0.481 e. The van der Waals surface area contributed by atoms with E-state index in [9.17, 15) is 9.59 Å². The van der Waals surface area contributed by atoms with Gasteiger partial charge in [0.1, 0.15) is 0 Å². The van der Waals surface area contributed by atoms with Gasteiger partial charge in [0.05, 0.1) is 5.54 Å². The van der Waals surface area contributed by atoms with Crippen molar-refractivity contribution in [2.45, 2.75) is 50.5 Å². The lowest BCUT2D eigenvalue weighted by atomic mass is 9.77. The molecule has 0 unspecified atom stereocenters. The van der Waals surface area contributed by atoms with Crippen molar-refractivity contribution in [3.05, 3.63) is 0 Å². The number of carboxylic acids is 1. The van der Waals surface area contributed by atoms with Gasteiger partial charge in [0.2, 0.25) is 5.91 Å². The molecule has 1 rings (SSSR count). The number of hydrogen-bond acceptors (Lipinski definition) is 3. The van der Waals surface area contributed by atoms with Crippen LogP contribution in [-0.2, 0) is 9.59 Å². The van der Waals surface area contributed by atoms with E-state index in [0.717, 1.165) is 32.1 Å². The SMILES string of the molecule is NC1(C(=O)NCCCCCC(=O)O)CCC1. The number of hydrogen-bond donors (Lipinski definition) is 3. The number of carbonyl (C=O) groups excluding carboxylic acids is 1. The largest absolute Gasteiger partial charge is 0.481 e. The Hall–Kier alpha value is -1.10. The molecule has 1 saturated carbocycles. The summed E-state index contributed by atoms with van der Waals surface area (Å²) in [5, 5.41) is 11.2. The van der Waals surface area contributed by atoms with Crippen LogP contribution in [0.3, 0.4) is 0 Å². The summed E-state index contributed by atoms with van der Waals surface area (Å²) in [7, 11) is 0. The highest BCUT2D eigenvalue weighted by molar-refractivity contribution is 5.86. The number of rotatable bonds is 7. The predicted molar refractivity (Wildman–Crippen MR) is 59.9 cm³/mol. The summed E-state index contributed by atoms with van der Waals surface area (Å²) in [5.41, 5.74) is 5.21. The summed E-state index contributed by atoms with van der Waals surface area (Å²) in [6, 6.07) is 0. The fourth-order valence-corrected chi connectivity index (χ4v) is 1.74. The van der Waals surface area contributed by atoms with Gasteiger partial charge in [-0.3, -0.25) is 9.59 Å². The molecule has 0 aromatic heterocycles. The average Bonchev–Trinajstić information content (AvgIpc) is 2.18. The standard InChI is InChI=1S/C11H20N2O3/c12-11(6-4-7-11)10(16)13-8-3-1-2-5-9(14)15/h1-8,12H2,(H,13,16)(H,14,15). The summed E-state index contributed by atoms with van der Waals surface area (Å²) in [4.78, 5) is 21.8. The maximum absolute atomic E-state index is 11.6. The Kier molecular flexibility index (Phi) is 4.73. The molecule has 5 heteroatoms. The van der Waals surface area contributed by atoms with Crippen molar-refractivity contribution in [3.8, 4) is 0 Å². The van der Waals surface area contributed by atoms with Crippen LogP contribution in [0.4, 0.5) is 0 Å². The minimum atomic E-state index is -0.764. The van der Waals surface area contributed by atoms with Crippen LogP contribution in [0, 0.1) is 0 Å². The molecular formula is C11H20N2O3. The summed E-state index contributed by atoms with van der Waals surface area (Å²) in [6.45, 7) is 0.595. The van der Waals surface area contributed by atoms with E-state index < -0.39 is 11.5 Å². The molecule has 0 aromatic carbocycles. The van der Waals surface area contributed by atoms with E-state index in [1.165, 1.54) is 0 Å². The number of unbranched alkanes of at least 4 members (excludes halogenated alkanes) is 2. The maximum atomic E-state index is 11.6. The van der Waals surface area contributed by atoms with Crippen LogP contribution in [0.5, 0.6) is 0 Å². The van der Waals surface area contributed by atoms with Crippen LogP contribution >= 0.6 is 0 Å². The molecule has 16 heavy (non-hydrogen) atoms. The lowest BCUT2D eigenvalue weighted by Gasteiger charge is -2.36. The molecule has 0 aromatic rings. The van der Waals surface area contributed by atoms with Crippen molar-refractivity contribution >= 4 is 11.9 Å². The van der Waals surface area contributed by atoms with Crippen molar-refractivity contribution in [2.24, 2.45) is 5.73 Å². The molecule has 4 N–H and O–H groups in total. The summed E-state index contributed by atoms with van der Waals surface area (Å²) in [5.74, 6) is -0.823. The van der Waals surface area contributed by atoms with E-state index in [0.29, 0.717) is 13.0 Å². The fourth-order valence-electron chi connectivity index (χ4n) is 1.74. The van der Waals surface area contributed by atoms with E-state index in [1.807, 2.05) is 0 Å². The number of carboxylic acid groups (broad SMARTS) is 1. The van der Waals surface area contributed by atoms with Crippen molar-refractivity contribution in [1.29, 1.82) is 0 Å². The van der Waals surface area contributed by atoms with Gasteiger partial charge in [-0.2, -0.15) is 0 Å². The van der Waals surface area contributed by atoms with E-state index in [4.69, 9.17) is 10.8 Å². The van der Waals surface area contributed by atoms with E-state index in [-0.39, 0.29) is 12.3 Å². The zero-order valence-corrected chi connectivity index (χ0v) is 9.50. The molecule has 5 nitrogen and oxygen atoms in total. The van der Waals surface area contributed by atoms with E-state index >= 15 is 0 Å². The Bertz CT molecular complexity index is 262. The highest BCUT2D eigenvalue weighted by Crippen LogP contribution is 2.28. The van der Waals surface area contributed by atoms with Gasteiger partial charge in [0, 0.05) is 13.0 Å². The number of amides is 1. The van der Waals surface area contributed by atoms with Crippen LogP contribution in [0.2, 0.25) is 0 Å². The third kappa shape index (κ3) is 3.81. The summed E-state index contributed by atoms with van der Waals surface area (Å²) < 4.78 is 0. The first-order valence-electron chi connectivity index (χ1n) is 5.83. The van der Waals surface area contributed by atoms with Gasteiger partial charge < -0.3 is 16.2 Å². The molecular weight excluding hydrogens is 208 g/mol. The van der Waals surface area contributed by atoms with Crippen molar-refractivity contribution in [1.82, 2.24) is 5.32 Å². The number of nitrogens with two attached hydrogens (primary N) is 1. The Morgan fingerprint density at radius 1 is 1.25 bits per heavy atom. The maximum Gasteiger partial charge on any atom is 0.303 e. The smallest absolute Gasteiger partial charge is 0.303 e. The Morgan fingerprint density at radius 2 is 1.94 bits per heavy atom. The second-order valence-electron chi connectivity index (χ2n) is 4.47. The molecule has 0 radical (unpaired) electrons. The highest BCUT2D eigenvalue weighted by atomic mass is 16.4. The number of nitrogens with one attached hydrogen (secondary N) is 1. The van der Waals surface area contributed by atoms with Gasteiger partial charge in [-0.1, -0.05) is 6.42 Å². The molecule has 1 fully saturated rings. The van der Waals surface area contributed by atoms with Gasteiger partial charge in [-0.25, -0.2) is 0 Å². The molecule has 0 aliphatic heterocycles. The normalized spacial score (nSPS) is 17.6. The minimum absolute atomic E-state index is 0.0583. The van der Waals surface area contributed by atoms with Crippen molar-refractivity contribution < 1.29 is 14.7 Å². The second-order valence-corrected chi connectivity index (χ2v) is 4.47. The van der Waals surface area contributed by atoms with Gasteiger partial charge in [0.15, 0.2) is 0 Å². The molecule has 1 aliphatic carbocycles. The molecule has 0 spiro atoms. The lowest BCUT2D eigenvalue weighted by Crippen LogP contribution is -2.58. The first-order chi connectivity index (χ1) is 7.54. The van der Waals surface area contributed by atoms with Crippen molar-refractivity contribution in [2.75, 3.05) is 6.54 Å². The van der Waals surface area contributed by atoms with Crippen LogP contribution in [0.1, 0.15) is 44.9 Å². The van der Waals surface area contributed by atoms with Gasteiger partial charge in [0.25, 0.3) is 0 Å². The molecule has 0 bridgehead atoms. The lowest BCUT2D eigenvalue weighted by molar-refractivity contribution is -0.137. The van der Waals surface area contributed by atoms with Crippen LogP contribution < -0.4 is 11.1 Å². The quantitative estimate of drug-likeness (QED) is 0.557. The fraction of sp³-hybridized carbons (Fsp3) is 0.818. The summed E-state index contributed by atoms with van der Waals surface area (Å²) >= 11 is 0. The van der Waals surface area contributed by atoms with Gasteiger partial charge in [-0.05, 0) is 32.1 Å². The van der Waals surface area contributed by atoms with E-state index in [2.05, 4.69) is 5.32 Å². The first kappa shape index (κ1) is 13.0. The third-order valence-electron chi connectivity index (χ3n) is 3.05. The van der Waals surface area contributed by atoms with Crippen LogP contribution in [0.25, 0.3) is 0 Å². The molecule has 1 amide bonds. The Morgan fingerprint density at radius 3 is 2.44 bits per heavy atom. The number of aliphatic carboxylic acids is 1. The second kappa shape index (κ2) is 5.84. The van der Waals surface area contributed by atoms with Gasteiger partial charge in [-0.15, -0.1) is 0 Å². The highest BCUT2D eigenvalue weighted by Gasteiger charge is 2.39. The van der Waals surface area contributed by atoms with Crippen molar-refractivity contribution in [3.63, 3.8) is 0 Å². The summed E-state index contributed by atoms with van der Waals surface area (Å²) in [6.07, 6.45) is 5.09. The number of carbonyl (C=O) groups is 2. The van der Waals surface area contributed by atoms with Crippen LogP contribution in [0.15, 0.2) is 0 Å². The Labute approximate surface area is 95.4 Å². The van der Waals surface area contributed by atoms with E-state index in [1.54, 1.807) is 0 Å². The monoisotopic (exact) mass is 228 g/mol. The molecule has 0 saturated heterocycles. The zero-order valence-electron chi connectivity index (χ0n) is 9.50. The molecule has 0 heterocycles. The predicted octanol–water partition coefficient (Wildman–Crippen LogP) is 0.629.